The van der Waals surface area contributed by atoms with Crippen LogP contribution in [-0.2, 0) is 11.3 Å². The van der Waals surface area contributed by atoms with Crippen LogP contribution >= 0.6 is 11.3 Å². The van der Waals surface area contributed by atoms with Crippen molar-refractivity contribution < 1.29 is 19.0 Å². The molecule has 1 aliphatic heterocycles. The first-order valence-corrected chi connectivity index (χ1v) is 10.6. The van der Waals surface area contributed by atoms with Crippen LogP contribution in [-0.4, -0.2) is 42.4 Å². The Bertz CT molecular complexity index is 1070. The van der Waals surface area contributed by atoms with E-state index in [0.29, 0.717) is 23.8 Å². The number of benzene rings is 1. The molecule has 1 aromatic carbocycles. The van der Waals surface area contributed by atoms with Crippen LogP contribution in [0.1, 0.15) is 34.1 Å². The van der Waals surface area contributed by atoms with Crippen molar-refractivity contribution in [1.82, 2.24) is 15.3 Å². The second kappa shape index (κ2) is 8.85. The van der Waals surface area contributed by atoms with Crippen LogP contribution in [0.15, 0.2) is 24.5 Å². The van der Waals surface area contributed by atoms with Crippen molar-refractivity contribution in [2.45, 2.75) is 32.9 Å². The monoisotopic (exact) mass is 428 g/mol. The Labute approximate surface area is 178 Å². The van der Waals surface area contributed by atoms with Crippen molar-refractivity contribution in [3.8, 4) is 11.5 Å². The summed E-state index contributed by atoms with van der Waals surface area (Å²) >= 11 is 1.37. The first-order valence-electron chi connectivity index (χ1n) is 9.77. The molecule has 0 aliphatic carbocycles. The van der Waals surface area contributed by atoms with E-state index in [1.807, 2.05) is 32.0 Å². The summed E-state index contributed by atoms with van der Waals surface area (Å²) in [5, 5.41) is 7.28. The molecule has 0 saturated heterocycles. The van der Waals surface area contributed by atoms with Crippen LogP contribution < -0.4 is 20.1 Å². The van der Waals surface area contributed by atoms with Gasteiger partial charge in [-0.3, -0.25) is 4.79 Å². The predicted molar refractivity (Wildman–Crippen MR) is 115 cm³/mol. The van der Waals surface area contributed by atoms with Gasteiger partial charge in [0, 0.05) is 13.7 Å². The van der Waals surface area contributed by atoms with Crippen LogP contribution in [0.25, 0.3) is 10.2 Å². The summed E-state index contributed by atoms with van der Waals surface area (Å²) in [4.78, 5) is 23.0. The Morgan fingerprint density at radius 3 is 2.93 bits per heavy atom. The minimum atomic E-state index is -0.110. The van der Waals surface area contributed by atoms with Crippen molar-refractivity contribution in [1.29, 1.82) is 0 Å². The number of aryl methyl sites for hydroxylation is 1. The summed E-state index contributed by atoms with van der Waals surface area (Å²) in [7, 11) is 1.63. The number of hydrogen-bond acceptors (Lipinski definition) is 8. The Hall–Kier alpha value is -2.91. The number of carbonyl (C=O) groups excluding carboxylic acids is 1. The van der Waals surface area contributed by atoms with Gasteiger partial charge in [-0.2, -0.15) is 0 Å². The number of carbonyl (C=O) groups is 1. The van der Waals surface area contributed by atoms with Gasteiger partial charge in [0.2, 0.25) is 6.79 Å². The highest BCUT2D eigenvalue weighted by Gasteiger charge is 2.21. The maximum Gasteiger partial charge on any atom is 0.262 e. The van der Waals surface area contributed by atoms with Crippen LogP contribution in [0, 0.1) is 6.92 Å². The molecule has 2 aromatic heterocycles. The quantitative estimate of drug-likeness (QED) is 0.567. The van der Waals surface area contributed by atoms with Crippen molar-refractivity contribution in [3.63, 3.8) is 0 Å². The standard InChI is InChI=1S/C21H24N4O4S/c1-4-14(9-27-3)25-20(26)18-12(2)17-19(23-10-24-21(17)30-18)22-8-13-5-6-15-16(7-13)29-11-28-15/h5-7,10,14H,4,8-9,11H2,1-3H3,(H,25,26)(H,22,23,24). The molecule has 0 fully saturated rings. The highest BCUT2D eigenvalue weighted by molar-refractivity contribution is 7.20. The number of amides is 1. The molecule has 0 bridgehead atoms. The van der Waals surface area contributed by atoms with Crippen LogP contribution in [0.3, 0.4) is 0 Å². The fourth-order valence-electron chi connectivity index (χ4n) is 3.37. The van der Waals surface area contributed by atoms with Gasteiger partial charge in [0.1, 0.15) is 17.0 Å². The molecule has 9 heteroatoms. The number of fused-ring (bicyclic) bond motifs is 2. The van der Waals surface area contributed by atoms with E-state index < -0.39 is 0 Å². The van der Waals surface area contributed by atoms with Gasteiger partial charge < -0.3 is 24.8 Å². The topological polar surface area (TPSA) is 94.6 Å². The summed E-state index contributed by atoms with van der Waals surface area (Å²) in [5.74, 6) is 2.09. The second-order valence-electron chi connectivity index (χ2n) is 7.03. The van der Waals surface area contributed by atoms with E-state index in [9.17, 15) is 4.79 Å². The van der Waals surface area contributed by atoms with Crippen molar-refractivity contribution >= 4 is 33.3 Å². The maximum absolute atomic E-state index is 12.8. The summed E-state index contributed by atoms with van der Waals surface area (Å²) in [5.41, 5.74) is 1.91. The van der Waals surface area contributed by atoms with Crippen molar-refractivity contribution in [2.24, 2.45) is 0 Å². The first-order chi connectivity index (χ1) is 14.6. The van der Waals surface area contributed by atoms with Crippen LogP contribution in [0.4, 0.5) is 5.82 Å². The zero-order chi connectivity index (χ0) is 21.1. The van der Waals surface area contributed by atoms with E-state index in [0.717, 1.165) is 39.3 Å². The number of rotatable bonds is 8. The Morgan fingerprint density at radius 1 is 1.30 bits per heavy atom. The molecule has 158 valence electrons. The van der Waals surface area contributed by atoms with Gasteiger partial charge in [0.25, 0.3) is 5.91 Å². The van der Waals surface area contributed by atoms with Crippen molar-refractivity contribution in [3.05, 3.63) is 40.5 Å². The molecule has 2 N–H and O–H groups in total. The summed E-state index contributed by atoms with van der Waals surface area (Å²) in [6.45, 7) is 5.24. The van der Waals surface area contributed by atoms with Gasteiger partial charge in [-0.25, -0.2) is 9.97 Å². The molecule has 0 radical (unpaired) electrons. The largest absolute Gasteiger partial charge is 0.454 e. The lowest BCUT2D eigenvalue weighted by Gasteiger charge is -2.15. The van der Waals surface area contributed by atoms with E-state index >= 15 is 0 Å². The molecule has 4 rings (SSSR count). The average Bonchev–Trinajstić information content (AvgIpc) is 3.36. The third kappa shape index (κ3) is 4.03. The molecule has 1 atom stereocenters. The molecular formula is C21H24N4O4S. The van der Waals surface area contributed by atoms with E-state index in [-0.39, 0.29) is 18.7 Å². The number of ether oxygens (including phenoxy) is 3. The number of nitrogens with one attached hydrogen (secondary N) is 2. The Kier molecular flexibility index (Phi) is 6.01. The molecule has 3 heterocycles. The second-order valence-corrected chi connectivity index (χ2v) is 8.03. The summed E-state index contributed by atoms with van der Waals surface area (Å²) in [6, 6.07) is 5.81. The average molecular weight is 429 g/mol. The minimum Gasteiger partial charge on any atom is -0.454 e. The third-order valence-corrected chi connectivity index (χ3v) is 6.22. The van der Waals surface area contributed by atoms with E-state index in [2.05, 4.69) is 20.6 Å². The minimum absolute atomic E-state index is 0.0261. The number of aromatic nitrogens is 2. The zero-order valence-electron chi connectivity index (χ0n) is 17.2. The van der Waals surface area contributed by atoms with Crippen LogP contribution in [0.5, 0.6) is 11.5 Å². The van der Waals surface area contributed by atoms with E-state index in [1.54, 1.807) is 7.11 Å². The zero-order valence-corrected chi connectivity index (χ0v) is 18.0. The smallest absolute Gasteiger partial charge is 0.262 e. The predicted octanol–water partition coefficient (Wildman–Crippen LogP) is 3.50. The van der Waals surface area contributed by atoms with Gasteiger partial charge in [0.05, 0.1) is 22.9 Å². The van der Waals surface area contributed by atoms with Crippen molar-refractivity contribution in [2.75, 3.05) is 25.8 Å². The molecule has 1 amide bonds. The fraction of sp³-hybridized carbons (Fsp3) is 0.381. The molecule has 1 aliphatic rings. The lowest BCUT2D eigenvalue weighted by Crippen LogP contribution is -2.37. The number of nitrogens with zero attached hydrogens (tertiary/aromatic N) is 2. The number of anilines is 1. The SMILES string of the molecule is CCC(COC)NC(=O)c1sc2ncnc(NCc3ccc4c(c3)OCO4)c2c1C. The molecule has 0 spiro atoms. The van der Waals surface area contributed by atoms with Gasteiger partial charge in [-0.1, -0.05) is 13.0 Å². The lowest BCUT2D eigenvalue weighted by atomic mass is 10.1. The van der Waals surface area contributed by atoms with E-state index in [4.69, 9.17) is 14.2 Å². The summed E-state index contributed by atoms with van der Waals surface area (Å²) < 4.78 is 16.0. The van der Waals surface area contributed by atoms with Gasteiger partial charge in [-0.05, 0) is 36.6 Å². The Morgan fingerprint density at radius 2 is 2.13 bits per heavy atom. The molecule has 30 heavy (non-hydrogen) atoms. The molecular weight excluding hydrogens is 404 g/mol. The molecule has 1 unspecified atom stereocenters. The highest BCUT2D eigenvalue weighted by atomic mass is 32.1. The number of hydrogen-bond donors (Lipinski definition) is 2. The normalized spacial score (nSPS) is 13.4. The maximum atomic E-state index is 12.8. The fourth-order valence-corrected chi connectivity index (χ4v) is 4.42. The highest BCUT2D eigenvalue weighted by Crippen LogP contribution is 2.35. The van der Waals surface area contributed by atoms with Gasteiger partial charge in [0.15, 0.2) is 11.5 Å². The molecule has 0 saturated carbocycles. The van der Waals surface area contributed by atoms with E-state index in [1.165, 1.54) is 17.7 Å². The lowest BCUT2D eigenvalue weighted by molar-refractivity contribution is 0.0898. The van der Waals surface area contributed by atoms with Gasteiger partial charge in [-0.15, -0.1) is 11.3 Å². The Balaban J connectivity index is 1.55. The number of thiophene rings is 1. The molecule has 3 aromatic rings. The molecule has 8 nitrogen and oxygen atoms in total. The van der Waals surface area contributed by atoms with Crippen LogP contribution in [0.2, 0.25) is 0 Å². The number of methoxy groups -OCH3 is 1. The first kappa shape index (κ1) is 20.4. The summed E-state index contributed by atoms with van der Waals surface area (Å²) in [6.07, 6.45) is 2.31. The third-order valence-electron chi connectivity index (χ3n) is 5.03. The van der Waals surface area contributed by atoms with Gasteiger partial charge >= 0.3 is 0 Å².